The van der Waals surface area contributed by atoms with Crippen molar-refractivity contribution in [1.29, 1.82) is 0 Å². The molecular formula is C12H9Cl2N. The summed E-state index contributed by atoms with van der Waals surface area (Å²) in [4.78, 5) is 4.30. The van der Waals surface area contributed by atoms with Gasteiger partial charge in [0.05, 0.1) is 5.52 Å². The topological polar surface area (TPSA) is 12.9 Å². The zero-order valence-corrected chi connectivity index (χ0v) is 9.46. The first kappa shape index (κ1) is 10.5. The van der Waals surface area contributed by atoms with E-state index in [1.807, 2.05) is 42.5 Å². The summed E-state index contributed by atoms with van der Waals surface area (Å²) in [7, 11) is 0. The number of para-hydroxylation sites is 1. The highest BCUT2D eigenvalue weighted by Gasteiger charge is 2.00. The molecule has 0 aliphatic rings. The molecule has 0 amide bonds. The van der Waals surface area contributed by atoms with Crippen molar-refractivity contribution in [2.75, 3.05) is 5.88 Å². The van der Waals surface area contributed by atoms with Crippen LogP contribution in [0, 0.1) is 0 Å². The molecule has 0 atom stereocenters. The monoisotopic (exact) mass is 237 g/mol. The molecule has 1 aromatic heterocycles. The highest BCUT2D eigenvalue weighted by Crippen LogP contribution is 2.21. The van der Waals surface area contributed by atoms with E-state index in [-0.39, 0.29) is 0 Å². The average molecular weight is 238 g/mol. The van der Waals surface area contributed by atoms with Gasteiger partial charge in [0.25, 0.3) is 0 Å². The zero-order chi connectivity index (χ0) is 10.7. The molecule has 0 saturated carbocycles. The predicted octanol–water partition coefficient (Wildman–Crippen LogP) is 4.14. The number of rotatable bonds is 2. The lowest BCUT2D eigenvalue weighted by molar-refractivity contribution is 1.39. The molecule has 0 radical (unpaired) electrons. The number of benzene rings is 1. The molecule has 0 bridgehead atoms. The summed E-state index contributed by atoms with van der Waals surface area (Å²) in [5.41, 5.74) is 1.81. The first-order chi connectivity index (χ1) is 7.31. The number of hydrogen-bond donors (Lipinski definition) is 0. The van der Waals surface area contributed by atoms with Gasteiger partial charge in [-0.3, -0.25) is 0 Å². The van der Waals surface area contributed by atoms with Gasteiger partial charge in [-0.1, -0.05) is 42.0 Å². The van der Waals surface area contributed by atoms with Crippen LogP contribution < -0.4 is 0 Å². The number of alkyl halides is 1. The molecule has 0 spiro atoms. The third kappa shape index (κ3) is 2.31. The maximum atomic E-state index is 6.03. The number of fused-ring (bicyclic) bond motifs is 1. The molecule has 1 aromatic carbocycles. The molecule has 0 aliphatic carbocycles. The van der Waals surface area contributed by atoms with Gasteiger partial charge in [0.15, 0.2) is 0 Å². The number of nitrogens with zero attached hydrogens (tertiary/aromatic N) is 1. The molecule has 1 nitrogen and oxygen atoms in total. The van der Waals surface area contributed by atoms with E-state index in [1.54, 1.807) is 0 Å². The normalized spacial score (nSPS) is 11.3. The number of allylic oxidation sites excluding steroid dienone is 1. The summed E-state index contributed by atoms with van der Waals surface area (Å²) in [6.45, 7) is 0. The van der Waals surface area contributed by atoms with E-state index >= 15 is 0 Å². The molecule has 0 fully saturated rings. The predicted molar refractivity (Wildman–Crippen MR) is 66.5 cm³/mol. The maximum Gasteiger partial charge on any atom is 0.136 e. The molecular weight excluding hydrogens is 229 g/mol. The fraction of sp³-hybridized carbons (Fsp3) is 0.0833. The molecule has 2 rings (SSSR count). The number of hydrogen-bond acceptors (Lipinski definition) is 1. The third-order valence-corrected chi connectivity index (χ3v) is 2.57. The molecule has 76 valence electrons. The lowest BCUT2D eigenvalue weighted by Gasteiger charge is -2.01. The second-order valence-corrected chi connectivity index (χ2v) is 3.78. The standard InChI is InChI=1S/C12H9Cl2N/c13-7-3-5-10-8-9-4-1-2-6-11(9)15-12(10)14/h1-6,8H,7H2. The third-order valence-electron chi connectivity index (χ3n) is 2.09. The number of pyridine rings is 1. The van der Waals surface area contributed by atoms with Gasteiger partial charge >= 0.3 is 0 Å². The second kappa shape index (κ2) is 4.65. The van der Waals surface area contributed by atoms with E-state index in [9.17, 15) is 0 Å². The Labute approximate surface area is 98.3 Å². The molecule has 1 heterocycles. The zero-order valence-electron chi connectivity index (χ0n) is 7.95. The Morgan fingerprint density at radius 1 is 1.27 bits per heavy atom. The average Bonchev–Trinajstić information content (AvgIpc) is 2.26. The van der Waals surface area contributed by atoms with Gasteiger partial charge in [0.1, 0.15) is 5.15 Å². The van der Waals surface area contributed by atoms with Crippen LogP contribution in [0.15, 0.2) is 36.4 Å². The number of aromatic nitrogens is 1. The summed E-state index contributed by atoms with van der Waals surface area (Å²) in [6.07, 6.45) is 3.73. The second-order valence-electron chi connectivity index (χ2n) is 3.12. The van der Waals surface area contributed by atoms with Gasteiger partial charge in [0, 0.05) is 16.8 Å². The van der Waals surface area contributed by atoms with Crippen LogP contribution in [0.2, 0.25) is 5.15 Å². The first-order valence-corrected chi connectivity index (χ1v) is 5.50. The van der Waals surface area contributed by atoms with Gasteiger partial charge in [-0.25, -0.2) is 4.98 Å². The minimum absolute atomic E-state index is 0.475. The van der Waals surface area contributed by atoms with Crippen LogP contribution in [0.3, 0.4) is 0 Å². The lowest BCUT2D eigenvalue weighted by atomic mass is 10.1. The van der Waals surface area contributed by atoms with Crippen molar-refractivity contribution >= 4 is 40.2 Å². The summed E-state index contributed by atoms with van der Waals surface area (Å²) in [5, 5.41) is 1.59. The number of halogens is 2. The molecule has 0 aliphatic heterocycles. The van der Waals surface area contributed by atoms with Crippen LogP contribution in [0.25, 0.3) is 17.0 Å². The fourth-order valence-electron chi connectivity index (χ4n) is 1.40. The quantitative estimate of drug-likeness (QED) is 0.566. The Kier molecular flexibility index (Phi) is 3.24. The molecule has 15 heavy (non-hydrogen) atoms. The van der Waals surface area contributed by atoms with Crippen LogP contribution in [0.1, 0.15) is 5.56 Å². The summed E-state index contributed by atoms with van der Waals surface area (Å²) in [6, 6.07) is 9.88. The molecule has 3 heteroatoms. The maximum absolute atomic E-state index is 6.03. The van der Waals surface area contributed by atoms with Crippen LogP contribution >= 0.6 is 23.2 Å². The van der Waals surface area contributed by atoms with Crippen LogP contribution in [0.4, 0.5) is 0 Å². The van der Waals surface area contributed by atoms with Crippen LogP contribution in [-0.2, 0) is 0 Å². The van der Waals surface area contributed by atoms with Crippen LogP contribution in [0.5, 0.6) is 0 Å². The van der Waals surface area contributed by atoms with Crippen molar-refractivity contribution in [3.05, 3.63) is 47.1 Å². The molecule has 0 N–H and O–H groups in total. The summed E-state index contributed by atoms with van der Waals surface area (Å²) >= 11 is 11.6. The van der Waals surface area contributed by atoms with E-state index in [0.29, 0.717) is 11.0 Å². The van der Waals surface area contributed by atoms with Gasteiger partial charge < -0.3 is 0 Å². The van der Waals surface area contributed by atoms with Crippen molar-refractivity contribution in [2.24, 2.45) is 0 Å². The smallest absolute Gasteiger partial charge is 0.136 e. The SMILES string of the molecule is ClCC=Cc1cc2ccccc2nc1Cl. The largest absolute Gasteiger partial charge is 0.235 e. The van der Waals surface area contributed by atoms with Crippen molar-refractivity contribution in [3.63, 3.8) is 0 Å². The Balaban J connectivity index is 2.57. The Bertz CT molecular complexity index is 506. The van der Waals surface area contributed by atoms with E-state index < -0.39 is 0 Å². The molecule has 0 unspecified atom stereocenters. The summed E-state index contributed by atoms with van der Waals surface area (Å²) < 4.78 is 0. The van der Waals surface area contributed by atoms with Crippen molar-refractivity contribution in [2.45, 2.75) is 0 Å². The van der Waals surface area contributed by atoms with Gasteiger partial charge in [-0.2, -0.15) is 0 Å². The van der Waals surface area contributed by atoms with Gasteiger partial charge in [0.2, 0.25) is 0 Å². The Hall–Kier alpha value is -1.05. The van der Waals surface area contributed by atoms with E-state index in [2.05, 4.69) is 4.98 Å². The van der Waals surface area contributed by atoms with E-state index in [0.717, 1.165) is 16.5 Å². The minimum atomic E-state index is 0.475. The molecule has 0 saturated heterocycles. The van der Waals surface area contributed by atoms with Crippen LogP contribution in [-0.4, -0.2) is 10.9 Å². The van der Waals surface area contributed by atoms with Gasteiger partial charge in [-0.15, -0.1) is 11.6 Å². The van der Waals surface area contributed by atoms with Crippen molar-refractivity contribution in [3.8, 4) is 0 Å². The van der Waals surface area contributed by atoms with Crippen molar-refractivity contribution in [1.82, 2.24) is 4.98 Å². The minimum Gasteiger partial charge on any atom is -0.235 e. The van der Waals surface area contributed by atoms with E-state index in [4.69, 9.17) is 23.2 Å². The van der Waals surface area contributed by atoms with Gasteiger partial charge in [-0.05, 0) is 12.1 Å². The molecule has 2 aromatic rings. The van der Waals surface area contributed by atoms with E-state index in [1.165, 1.54) is 0 Å². The Morgan fingerprint density at radius 2 is 2.07 bits per heavy atom. The highest BCUT2D eigenvalue weighted by molar-refractivity contribution is 6.31. The summed E-state index contributed by atoms with van der Waals surface area (Å²) in [5.74, 6) is 0.475. The fourth-order valence-corrected chi connectivity index (χ4v) is 1.69. The first-order valence-electron chi connectivity index (χ1n) is 4.59. The van der Waals surface area contributed by atoms with Crippen molar-refractivity contribution < 1.29 is 0 Å². The lowest BCUT2D eigenvalue weighted by Crippen LogP contribution is -1.84. The highest BCUT2D eigenvalue weighted by atomic mass is 35.5. The Morgan fingerprint density at radius 3 is 2.87 bits per heavy atom.